The summed E-state index contributed by atoms with van der Waals surface area (Å²) >= 11 is 7.31. The first-order valence-corrected chi connectivity index (χ1v) is 7.08. The molecule has 0 bridgehead atoms. The maximum absolute atomic E-state index is 11.7. The zero-order valence-corrected chi connectivity index (χ0v) is 12.1. The van der Waals surface area contributed by atoms with Crippen molar-refractivity contribution in [2.24, 2.45) is 0 Å². The molecule has 18 heavy (non-hydrogen) atoms. The molecular formula is C12H17ClN2O2S. The molecule has 0 fully saturated rings. The number of nitrogens with one attached hydrogen (secondary N) is 1. The molecule has 1 heterocycles. The summed E-state index contributed by atoms with van der Waals surface area (Å²) in [4.78, 5) is 25.9. The number of thiophene rings is 1. The quantitative estimate of drug-likeness (QED) is 0.812. The van der Waals surface area contributed by atoms with Crippen LogP contribution in [0.2, 0.25) is 0 Å². The number of carbonyl (C=O) groups excluding carboxylic acids is 2. The number of carbonyl (C=O) groups is 2. The lowest BCUT2D eigenvalue weighted by molar-refractivity contribution is -0.135. The third kappa shape index (κ3) is 4.66. The maximum atomic E-state index is 11.7. The van der Waals surface area contributed by atoms with Crippen molar-refractivity contribution < 1.29 is 9.59 Å². The molecular weight excluding hydrogens is 272 g/mol. The van der Waals surface area contributed by atoms with Crippen LogP contribution < -0.4 is 5.32 Å². The molecule has 4 nitrogen and oxygen atoms in total. The van der Waals surface area contributed by atoms with E-state index in [1.807, 2.05) is 24.4 Å². The SMILES string of the molecule is CCN(CC(=O)NCc1cccs1)C(=O)C(C)Cl. The Kier molecular flexibility index (Phi) is 6.15. The van der Waals surface area contributed by atoms with E-state index in [1.54, 1.807) is 18.3 Å². The van der Waals surface area contributed by atoms with E-state index in [4.69, 9.17) is 11.6 Å². The molecule has 2 amide bonds. The van der Waals surface area contributed by atoms with Crippen LogP contribution >= 0.6 is 22.9 Å². The van der Waals surface area contributed by atoms with Gasteiger partial charge >= 0.3 is 0 Å². The summed E-state index contributed by atoms with van der Waals surface area (Å²) in [6, 6.07) is 3.89. The highest BCUT2D eigenvalue weighted by molar-refractivity contribution is 7.09. The highest BCUT2D eigenvalue weighted by atomic mass is 35.5. The van der Waals surface area contributed by atoms with Gasteiger partial charge in [-0.15, -0.1) is 22.9 Å². The molecule has 0 aliphatic heterocycles. The molecule has 1 aromatic heterocycles. The Hall–Kier alpha value is -1.07. The summed E-state index contributed by atoms with van der Waals surface area (Å²) in [5.41, 5.74) is 0. The van der Waals surface area contributed by atoms with Crippen molar-refractivity contribution >= 4 is 34.8 Å². The van der Waals surface area contributed by atoms with E-state index in [2.05, 4.69) is 5.32 Å². The number of nitrogens with zero attached hydrogens (tertiary/aromatic N) is 1. The van der Waals surface area contributed by atoms with E-state index in [9.17, 15) is 9.59 Å². The van der Waals surface area contributed by atoms with Crippen molar-refractivity contribution in [1.29, 1.82) is 0 Å². The van der Waals surface area contributed by atoms with Crippen LogP contribution in [0.3, 0.4) is 0 Å². The summed E-state index contributed by atoms with van der Waals surface area (Å²) in [7, 11) is 0. The standard InChI is InChI=1S/C12H17ClN2O2S/c1-3-15(12(17)9(2)13)8-11(16)14-7-10-5-4-6-18-10/h4-6,9H,3,7-8H2,1-2H3,(H,14,16). The zero-order valence-electron chi connectivity index (χ0n) is 10.5. The summed E-state index contributed by atoms with van der Waals surface area (Å²) in [5, 5.41) is 4.13. The largest absolute Gasteiger partial charge is 0.350 e. The molecule has 1 rings (SSSR count). The normalized spacial score (nSPS) is 11.9. The number of rotatable bonds is 6. The molecule has 1 atom stereocenters. The number of halogens is 1. The van der Waals surface area contributed by atoms with E-state index in [0.717, 1.165) is 4.88 Å². The zero-order chi connectivity index (χ0) is 13.5. The van der Waals surface area contributed by atoms with E-state index in [1.165, 1.54) is 4.90 Å². The Morgan fingerprint density at radius 1 is 1.56 bits per heavy atom. The van der Waals surface area contributed by atoms with Crippen LogP contribution in [-0.4, -0.2) is 35.2 Å². The van der Waals surface area contributed by atoms with E-state index >= 15 is 0 Å². The van der Waals surface area contributed by atoms with Crippen LogP contribution in [-0.2, 0) is 16.1 Å². The molecule has 0 radical (unpaired) electrons. The van der Waals surface area contributed by atoms with Gasteiger partial charge in [0.1, 0.15) is 5.38 Å². The topological polar surface area (TPSA) is 49.4 Å². The molecule has 100 valence electrons. The first-order chi connectivity index (χ1) is 8.54. The fourth-order valence-corrected chi connectivity index (χ4v) is 2.21. The molecule has 1 unspecified atom stereocenters. The monoisotopic (exact) mass is 288 g/mol. The van der Waals surface area contributed by atoms with Crippen LogP contribution in [0.5, 0.6) is 0 Å². The highest BCUT2D eigenvalue weighted by Crippen LogP contribution is 2.07. The van der Waals surface area contributed by atoms with Gasteiger partial charge in [0.05, 0.1) is 13.1 Å². The van der Waals surface area contributed by atoms with E-state index in [0.29, 0.717) is 13.1 Å². The highest BCUT2D eigenvalue weighted by Gasteiger charge is 2.19. The van der Waals surface area contributed by atoms with Gasteiger partial charge in [0.15, 0.2) is 0 Å². The van der Waals surface area contributed by atoms with Crippen LogP contribution in [0, 0.1) is 0 Å². The van der Waals surface area contributed by atoms with E-state index < -0.39 is 5.38 Å². The minimum absolute atomic E-state index is 0.0533. The van der Waals surface area contributed by atoms with Gasteiger partial charge in [-0.25, -0.2) is 0 Å². The van der Waals surface area contributed by atoms with Gasteiger partial charge < -0.3 is 10.2 Å². The minimum atomic E-state index is -0.602. The van der Waals surface area contributed by atoms with Crippen LogP contribution in [0.15, 0.2) is 17.5 Å². The average Bonchev–Trinajstić information content (AvgIpc) is 2.85. The summed E-state index contributed by atoms with van der Waals surface area (Å²) in [6.07, 6.45) is 0. The lowest BCUT2D eigenvalue weighted by Gasteiger charge is -2.21. The van der Waals surface area contributed by atoms with Crippen molar-refractivity contribution in [2.75, 3.05) is 13.1 Å². The maximum Gasteiger partial charge on any atom is 0.240 e. The second kappa shape index (κ2) is 7.38. The lowest BCUT2D eigenvalue weighted by atomic mass is 10.3. The van der Waals surface area contributed by atoms with Crippen molar-refractivity contribution in [3.05, 3.63) is 22.4 Å². The molecule has 0 saturated carbocycles. The summed E-state index contributed by atoms with van der Waals surface area (Å²) in [6.45, 7) is 4.46. The van der Waals surface area contributed by atoms with Crippen molar-refractivity contribution in [3.63, 3.8) is 0 Å². The number of likely N-dealkylation sites (N-methyl/N-ethyl adjacent to an activating group) is 1. The number of amides is 2. The molecule has 0 aliphatic rings. The van der Waals surface area contributed by atoms with Crippen molar-refractivity contribution in [3.8, 4) is 0 Å². The fraction of sp³-hybridized carbons (Fsp3) is 0.500. The summed E-state index contributed by atoms with van der Waals surface area (Å²) < 4.78 is 0. The van der Waals surface area contributed by atoms with Gasteiger partial charge in [-0.2, -0.15) is 0 Å². The fourth-order valence-electron chi connectivity index (χ4n) is 1.43. The molecule has 0 saturated heterocycles. The predicted octanol–water partition coefficient (Wildman–Crippen LogP) is 1.84. The third-order valence-electron chi connectivity index (χ3n) is 2.41. The van der Waals surface area contributed by atoms with Gasteiger partial charge in [0.25, 0.3) is 0 Å². The Balaban J connectivity index is 2.40. The first kappa shape index (κ1) is 15.0. The lowest BCUT2D eigenvalue weighted by Crippen LogP contribution is -2.42. The molecule has 1 N–H and O–H groups in total. The van der Waals surface area contributed by atoms with Gasteiger partial charge in [0, 0.05) is 11.4 Å². The van der Waals surface area contributed by atoms with Gasteiger partial charge in [-0.3, -0.25) is 9.59 Å². The molecule has 0 aliphatic carbocycles. The second-order valence-electron chi connectivity index (χ2n) is 3.82. The molecule has 0 aromatic carbocycles. The molecule has 1 aromatic rings. The van der Waals surface area contributed by atoms with Crippen LogP contribution in [0.25, 0.3) is 0 Å². The minimum Gasteiger partial charge on any atom is -0.350 e. The predicted molar refractivity (Wildman–Crippen MR) is 73.7 cm³/mol. The van der Waals surface area contributed by atoms with Gasteiger partial charge in [-0.1, -0.05) is 6.07 Å². The Bertz CT molecular complexity index is 393. The smallest absolute Gasteiger partial charge is 0.240 e. The van der Waals surface area contributed by atoms with Gasteiger partial charge in [-0.05, 0) is 25.3 Å². The van der Waals surface area contributed by atoms with E-state index in [-0.39, 0.29) is 18.4 Å². The first-order valence-electron chi connectivity index (χ1n) is 5.76. The second-order valence-corrected chi connectivity index (χ2v) is 5.51. The van der Waals surface area contributed by atoms with Crippen LogP contribution in [0.1, 0.15) is 18.7 Å². The number of hydrogen-bond acceptors (Lipinski definition) is 3. The Labute approximate surface area is 116 Å². The third-order valence-corrected chi connectivity index (χ3v) is 3.47. The number of alkyl halides is 1. The van der Waals surface area contributed by atoms with Crippen LogP contribution in [0.4, 0.5) is 0 Å². The average molecular weight is 289 g/mol. The summed E-state index contributed by atoms with van der Waals surface area (Å²) in [5.74, 6) is -0.388. The molecule has 0 spiro atoms. The van der Waals surface area contributed by atoms with Gasteiger partial charge in [0.2, 0.25) is 11.8 Å². The van der Waals surface area contributed by atoms with Crippen molar-refractivity contribution in [1.82, 2.24) is 10.2 Å². The number of hydrogen-bond donors (Lipinski definition) is 1. The Morgan fingerprint density at radius 3 is 2.78 bits per heavy atom. The van der Waals surface area contributed by atoms with Crippen molar-refractivity contribution in [2.45, 2.75) is 25.8 Å². The molecule has 6 heteroatoms. The Morgan fingerprint density at radius 2 is 2.28 bits per heavy atom.